The minimum absolute atomic E-state index is 0.0676. The van der Waals surface area contributed by atoms with Gasteiger partial charge in [-0.3, -0.25) is 14.6 Å². The molecule has 10 nitrogen and oxygen atoms in total. The molecule has 0 saturated carbocycles. The number of nitrogens with zero attached hydrogens (tertiary/aromatic N) is 9. The van der Waals surface area contributed by atoms with E-state index in [0.717, 1.165) is 88.5 Å². The Labute approximate surface area is 302 Å². The van der Waals surface area contributed by atoms with Gasteiger partial charge in [0.15, 0.2) is 0 Å². The van der Waals surface area contributed by atoms with Crippen molar-refractivity contribution in [2.24, 2.45) is 5.41 Å². The zero-order valence-electron chi connectivity index (χ0n) is 29.9. The van der Waals surface area contributed by atoms with E-state index >= 15 is 0 Å². The average molecular weight is 714 g/mol. The number of piperidine rings is 1. The summed E-state index contributed by atoms with van der Waals surface area (Å²) in [6, 6.07) is 15.7. The van der Waals surface area contributed by atoms with Gasteiger partial charge in [-0.05, 0) is 81.5 Å². The van der Waals surface area contributed by atoms with Crippen molar-refractivity contribution in [3.8, 4) is 6.07 Å². The molecule has 3 aliphatic rings. The van der Waals surface area contributed by atoms with E-state index in [4.69, 9.17) is 0 Å². The van der Waals surface area contributed by atoms with Gasteiger partial charge in [-0.1, -0.05) is 18.2 Å². The molecule has 5 heterocycles. The van der Waals surface area contributed by atoms with Crippen LogP contribution >= 0.6 is 0 Å². The minimum atomic E-state index is -4.26. The molecule has 0 aliphatic carbocycles. The first-order valence-electron chi connectivity index (χ1n) is 18.1. The number of aromatic nitrogens is 3. The van der Waals surface area contributed by atoms with E-state index in [0.29, 0.717) is 36.2 Å². The number of fused-ring (bicyclic) bond motifs is 2. The Morgan fingerprint density at radius 2 is 1.69 bits per heavy atom. The van der Waals surface area contributed by atoms with Crippen molar-refractivity contribution in [2.75, 3.05) is 84.4 Å². The quantitative estimate of drug-likeness (QED) is 0.214. The lowest BCUT2D eigenvalue weighted by molar-refractivity contribution is -0.128. The number of piperazine rings is 1. The molecule has 4 aromatic rings. The Balaban J connectivity index is 0.912. The smallest absolute Gasteiger partial charge is 0.355 e. The van der Waals surface area contributed by atoms with E-state index in [1.165, 1.54) is 18.0 Å². The van der Waals surface area contributed by atoms with E-state index in [1.54, 1.807) is 18.2 Å². The molecule has 2 aromatic heterocycles. The normalized spacial score (nSPS) is 18.6. The van der Waals surface area contributed by atoms with Crippen LogP contribution in [0, 0.1) is 16.7 Å². The SMILES string of the molecule is CN(C)C/C=C/C(=O)N1CCN(CCn2c(C#N)cc3cc(CN4CCC5(CC4)CN(c4ncnc6ccc(CC(F)(F)F)cc46)C5)ccc32)CC1. The number of carbonyl (C=O) groups excluding carboxylic acids is 1. The van der Waals surface area contributed by atoms with Crippen LogP contribution in [0.3, 0.4) is 0 Å². The Bertz CT molecular complexity index is 1970. The molecule has 1 amide bonds. The number of benzene rings is 2. The molecule has 7 rings (SSSR count). The van der Waals surface area contributed by atoms with E-state index < -0.39 is 12.6 Å². The van der Waals surface area contributed by atoms with Crippen molar-refractivity contribution < 1.29 is 18.0 Å². The number of anilines is 1. The van der Waals surface area contributed by atoms with Crippen LogP contribution in [0.4, 0.5) is 19.0 Å². The molecule has 0 unspecified atom stereocenters. The number of hydrogen-bond donors (Lipinski definition) is 0. The van der Waals surface area contributed by atoms with Crippen molar-refractivity contribution in [2.45, 2.75) is 38.5 Å². The lowest BCUT2D eigenvalue weighted by atomic mass is 9.72. The third-order valence-electron chi connectivity index (χ3n) is 10.9. The second-order valence-corrected chi connectivity index (χ2v) is 15.0. The summed E-state index contributed by atoms with van der Waals surface area (Å²) in [7, 11) is 3.96. The summed E-state index contributed by atoms with van der Waals surface area (Å²) in [5.74, 6) is 0.787. The van der Waals surface area contributed by atoms with Gasteiger partial charge in [-0.2, -0.15) is 18.4 Å². The number of alkyl halides is 3. The fourth-order valence-corrected chi connectivity index (χ4v) is 8.01. The number of halogens is 3. The molecular formula is C39H46F3N9O. The monoisotopic (exact) mass is 713 g/mol. The maximum Gasteiger partial charge on any atom is 0.393 e. The highest BCUT2D eigenvalue weighted by atomic mass is 19.4. The van der Waals surface area contributed by atoms with Crippen molar-refractivity contribution in [3.05, 3.63) is 77.8 Å². The fourth-order valence-electron chi connectivity index (χ4n) is 8.01. The largest absolute Gasteiger partial charge is 0.393 e. The number of hydrogen-bond acceptors (Lipinski definition) is 8. The summed E-state index contributed by atoms with van der Waals surface area (Å²) in [4.78, 5) is 32.3. The van der Waals surface area contributed by atoms with E-state index in [-0.39, 0.29) is 16.9 Å². The first-order valence-corrected chi connectivity index (χ1v) is 18.1. The third-order valence-corrected chi connectivity index (χ3v) is 10.9. The van der Waals surface area contributed by atoms with Gasteiger partial charge in [0.2, 0.25) is 5.91 Å². The molecule has 3 fully saturated rings. The van der Waals surface area contributed by atoms with Gasteiger partial charge in [-0.15, -0.1) is 0 Å². The molecule has 0 N–H and O–H groups in total. The molecule has 13 heteroatoms. The number of likely N-dealkylation sites (tertiary alicyclic amines) is 1. The molecule has 52 heavy (non-hydrogen) atoms. The Kier molecular flexibility index (Phi) is 10.2. The standard InChI is InChI=1S/C39H46F3N9O/c1-46(2)11-3-4-36(52)49-17-14-47(15-18-49)16-19-51-32(24-43)22-31-20-30(6-8-35(31)51)25-48-12-9-38(10-13-48)26-50(27-38)37-33-21-29(23-39(40,41)42)5-7-34(33)44-28-45-37/h3-8,20-22,28H,9-19,23,25-27H2,1-2H3/b4-3+. The van der Waals surface area contributed by atoms with Crippen molar-refractivity contribution in [3.63, 3.8) is 0 Å². The topological polar surface area (TPSA) is 87.8 Å². The second-order valence-electron chi connectivity index (χ2n) is 15.0. The van der Waals surface area contributed by atoms with Crippen LogP contribution in [0.15, 0.2) is 60.9 Å². The Morgan fingerprint density at radius 3 is 2.40 bits per heavy atom. The van der Waals surface area contributed by atoms with Gasteiger partial charge in [0.05, 0.1) is 11.9 Å². The number of rotatable bonds is 10. The molecule has 3 saturated heterocycles. The lowest BCUT2D eigenvalue weighted by Crippen LogP contribution is -2.60. The van der Waals surface area contributed by atoms with Crippen LogP contribution in [-0.2, 0) is 24.3 Å². The van der Waals surface area contributed by atoms with Crippen LogP contribution < -0.4 is 4.90 Å². The molecule has 3 aliphatic heterocycles. The van der Waals surface area contributed by atoms with Crippen molar-refractivity contribution >= 4 is 33.5 Å². The molecule has 1 spiro atoms. The minimum Gasteiger partial charge on any atom is -0.355 e. The molecule has 2 aromatic carbocycles. The van der Waals surface area contributed by atoms with Crippen molar-refractivity contribution in [1.29, 1.82) is 5.26 Å². The Morgan fingerprint density at radius 1 is 0.942 bits per heavy atom. The van der Waals surface area contributed by atoms with Gasteiger partial charge in [-0.25, -0.2) is 9.97 Å². The molecule has 0 bridgehead atoms. The second kappa shape index (κ2) is 14.8. The summed E-state index contributed by atoms with van der Waals surface area (Å²) in [5.41, 5.74) is 4.02. The number of likely N-dealkylation sites (N-methyl/N-ethyl adjacent to an activating group) is 1. The maximum atomic E-state index is 13.1. The third kappa shape index (κ3) is 8.09. The first kappa shape index (κ1) is 35.9. The number of amides is 1. The van der Waals surface area contributed by atoms with Crippen LogP contribution in [0.2, 0.25) is 0 Å². The van der Waals surface area contributed by atoms with Gasteiger partial charge >= 0.3 is 6.18 Å². The number of nitriles is 1. The molecule has 274 valence electrons. The summed E-state index contributed by atoms with van der Waals surface area (Å²) >= 11 is 0. The van der Waals surface area contributed by atoms with Crippen molar-refractivity contribution in [1.82, 2.24) is 34.1 Å². The van der Waals surface area contributed by atoms with E-state index in [9.17, 15) is 23.2 Å². The van der Waals surface area contributed by atoms with Gasteiger partial charge in [0.1, 0.15) is 23.9 Å². The highest BCUT2D eigenvalue weighted by Crippen LogP contribution is 2.44. The van der Waals surface area contributed by atoms with E-state index in [2.05, 4.69) is 53.5 Å². The van der Waals surface area contributed by atoms with Crippen LogP contribution in [0.5, 0.6) is 0 Å². The predicted molar refractivity (Wildman–Crippen MR) is 196 cm³/mol. The molecule has 0 atom stereocenters. The van der Waals surface area contributed by atoms with Gasteiger partial charge < -0.3 is 19.3 Å². The first-order chi connectivity index (χ1) is 25.0. The summed E-state index contributed by atoms with van der Waals surface area (Å²) in [6.45, 7) is 9.79. The molecular weight excluding hydrogens is 667 g/mol. The summed E-state index contributed by atoms with van der Waals surface area (Å²) < 4.78 is 41.3. The maximum absolute atomic E-state index is 13.1. The van der Waals surface area contributed by atoms with Crippen LogP contribution in [0.25, 0.3) is 21.8 Å². The van der Waals surface area contributed by atoms with E-state index in [1.807, 2.05) is 36.0 Å². The lowest BCUT2D eigenvalue weighted by Gasteiger charge is -2.54. The van der Waals surface area contributed by atoms with Crippen LogP contribution in [-0.4, -0.2) is 126 Å². The summed E-state index contributed by atoms with van der Waals surface area (Å²) in [6.07, 6.45) is 1.96. The van der Waals surface area contributed by atoms with Gasteiger partial charge in [0.25, 0.3) is 0 Å². The van der Waals surface area contributed by atoms with Crippen LogP contribution in [0.1, 0.15) is 29.7 Å². The van der Waals surface area contributed by atoms with Gasteiger partial charge in [0, 0.05) is 93.2 Å². The fraction of sp³-hybridized carbons (Fsp3) is 0.487. The Hall–Kier alpha value is -4.51. The number of carbonyl (C=O) groups is 1. The summed E-state index contributed by atoms with van der Waals surface area (Å²) in [5, 5.41) is 11.7. The highest BCUT2D eigenvalue weighted by molar-refractivity contribution is 5.90. The average Bonchev–Trinajstić information content (AvgIpc) is 3.46. The zero-order valence-corrected chi connectivity index (χ0v) is 29.9. The molecule has 0 radical (unpaired) electrons. The predicted octanol–water partition coefficient (Wildman–Crippen LogP) is 4.93. The zero-order chi connectivity index (χ0) is 36.5. The highest BCUT2D eigenvalue weighted by Gasteiger charge is 2.45.